The number of nitrogens with two attached hydrogens (primary N) is 1. The summed E-state index contributed by atoms with van der Waals surface area (Å²) in [7, 11) is 4.05. The molecule has 0 radical (unpaired) electrons. The van der Waals surface area contributed by atoms with Crippen molar-refractivity contribution in [2.45, 2.75) is 25.3 Å². The Labute approximate surface area is 147 Å². The Morgan fingerprint density at radius 2 is 2.00 bits per heavy atom. The number of piperidine rings is 1. The van der Waals surface area contributed by atoms with Gasteiger partial charge in [0.05, 0.1) is 12.1 Å². The van der Waals surface area contributed by atoms with Crippen molar-refractivity contribution in [2.24, 2.45) is 0 Å². The topological polar surface area (TPSA) is 62.5 Å². The molecule has 2 heterocycles. The molecule has 1 aromatic heterocycles. The number of nitrogens with zero attached hydrogens (tertiary/aromatic N) is 3. The molecule has 24 heavy (non-hydrogen) atoms. The first-order valence-electron chi connectivity index (χ1n) is 8.27. The molecular formula is C18H24N4OS. The van der Waals surface area contributed by atoms with E-state index >= 15 is 0 Å². The first-order chi connectivity index (χ1) is 11.5. The van der Waals surface area contributed by atoms with Crippen molar-refractivity contribution < 1.29 is 4.79 Å². The van der Waals surface area contributed by atoms with Crippen LogP contribution in [0.15, 0.2) is 29.6 Å². The Bertz CT molecular complexity index is 689. The van der Waals surface area contributed by atoms with Crippen molar-refractivity contribution in [3.05, 3.63) is 35.3 Å². The molecule has 128 valence electrons. The average molecular weight is 344 g/mol. The largest absolute Gasteiger partial charge is 0.399 e. The summed E-state index contributed by atoms with van der Waals surface area (Å²) in [6.45, 7) is 2.11. The fraction of sp³-hybridized carbons (Fsp3) is 0.444. The summed E-state index contributed by atoms with van der Waals surface area (Å²) in [5.41, 5.74) is 8.34. The molecule has 0 spiro atoms. The van der Waals surface area contributed by atoms with Crippen LogP contribution in [0.1, 0.15) is 18.5 Å². The molecule has 1 aromatic carbocycles. The van der Waals surface area contributed by atoms with Crippen LogP contribution >= 0.6 is 11.3 Å². The van der Waals surface area contributed by atoms with E-state index in [9.17, 15) is 4.79 Å². The van der Waals surface area contributed by atoms with Crippen molar-refractivity contribution >= 4 is 22.9 Å². The van der Waals surface area contributed by atoms with Crippen LogP contribution in [0.2, 0.25) is 0 Å². The summed E-state index contributed by atoms with van der Waals surface area (Å²) in [6, 6.07) is 8.02. The quantitative estimate of drug-likeness (QED) is 0.866. The van der Waals surface area contributed by atoms with Crippen molar-refractivity contribution in [3.8, 4) is 10.6 Å². The summed E-state index contributed by atoms with van der Waals surface area (Å²) in [4.78, 5) is 21.4. The summed E-state index contributed by atoms with van der Waals surface area (Å²) in [5.74, 6) is 0.152. The van der Waals surface area contributed by atoms with Gasteiger partial charge in [0.1, 0.15) is 5.01 Å². The van der Waals surface area contributed by atoms with Gasteiger partial charge in [-0.15, -0.1) is 11.3 Å². The Kier molecular flexibility index (Phi) is 5.16. The number of amides is 1. The van der Waals surface area contributed by atoms with Crippen molar-refractivity contribution in [2.75, 3.05) is 32.9 Å². The maximum Gasteiger partial charge on any atom is 0.228 e. The lowest BCUT2D eigenvalue weighted by Crippen LogP contribution is -2.45. The Morgan fingerprint density at radius 1 is 1.33 bits per heavy atom. The normalized spacial score (nSPS) is 16.2. The number of anilines is 1. The summed E-state index contributed by atoms with van der Waals surface area (Å²) >= 11 is 1.57. The van der Waals surface area contributed by atoms with E-state index in [1.165, 1.54) is 0 Å². The molecule has 0 aliphatic carbocycles. The molecule has 0 saturated carbocycles. The van der Waals surface area contributed by atoms with Gasteiger partial charge >= 0.3 is 0 Å². The maximum absolute atomic E-state index is 12.5. The molecular weight excluding hydrogens is 320 g/mol. The van der Waals surface area contributed by atoms with E-state index in [4.69, 9.17) is 5.73 Å². The van der Waals surface area contributed by atoms with Gasteiger partial charge in [0, 0.05) is 29.7 Å². The van der Waals surface area contributed by atoms with E-state index in [1.807, 2.05) is 41.6 Å². The van der Waals surface area contributed by atoms with Crippen molar-refractivity contribution in [3.63, 3.8) is 0 Å². The standard InChI is InChI=1S/C18H24N4OS/c1-21-9-7-16(8-10-21)22(2)17(23)11-15-12-24-18(20-15)13-3-5-14(19)6-4-13/h3-6,12,16H,7-11,19H2,1-2H3. The molecule has 2 N–H and O–H groups in total. The van der Waals surface area contributed by atoms with Gasteiger partial charge in [0.2, 0.25) is 5.91 Å². The second-order valence-electron chi connectivity index (χ2n) is 6.48. The van der Waals surface area contributed by atoms with Crippen LogP contribution in [0, 0.1) is 0 Å². The van der Waals surface area contributed by atoms with E-state index in [2.05, 4.69) is 16.9 Å². The van der Waals surface area contributed by atoms with Crippen LogP contribution in [-0.2, 0) is 11.2 Å². The van der Waals surface area contributed by atoms with Crippen LogP contribution in [0.25, 0.3) is 10.6 Å². The van der Waals surface area contributed by atoms with Gasteiger partial charge in [-0.1, -0.05) is 0 Å². The first kappa shape index (κ1) is 16.9. The second-order valence-corrected chi connectivity index (χ2v) is 7.34. The lowest BCUT2D eigenvalue weighted by atomic mass is 10.0. The fourth-order valence-electron chi connectivity index (χ4n) is 3.01. The van der Waals surface area contributed by atoms with Gasteiger partial charge in [-0.2, -0.15) is 0 Å². The van der Waals surface area contributed by atoms with Crippen molar-refractivity contribution in [1.82, 2.24) is 14.8 Å². The first-order valence-corrected chi connectivity index (χ1v) is 9.15. The number of nitrogen functional groups attached to an aromatic ring is 1. The molecule has 2 aromatic rings. The Balaban J connectivity index is 1.61. The van der Waals surface area contributed by atoms with Crippen LogP contribution in [-0.4, -0.2) is 53.9 Å². The van der Waals surface area contributed by atoms with E-state index in [-0.39, 0.29) is 5.91 Å². The minimum absolute atomic E-state index is 0.152. The third kappa shape index (κ3) is 3.94. The van der Waals surface area contributed by atoms with Gasteiger partial charge in [-0.25, -0.2) is 4.98 Å². The predicted octanol–water partition coefficient (Wildman–Crippen LogP) is 2.49. The molecule has 0 unspecified atom stereocenters. The van der Waals surface area contributed by atoms with Gasteiger partial charge < -0.3 is 15.5 Å². The summed E-state index contributed by atoms with van der Waals surface area (Å²) in [6.07, 6.45) is 2.47. The van der Waals surface area contributed by atoms with E-state index in [1.54, 1.807) is 11.3 Å². The number of thiazole rings is 1. The number of hydrogen-bond donors (Lipinski definition) is 1. The molecule has 6 heteroatoms. The molecule has 1 aliphatic heterocycles. The summed E-state index contributed by atoms with van der Waals surface area (Å²) < 4.78 is 0. The molecule has 5 nitrogen and oxygen atoms in total. The minimum atomic E-state index is 0.152. The third-order valence-electron chi connectivity index (χ3n) is 4.67. The number of rotatable bonds is 4. The third-order valence-corrected chi connectivity index (χ3v) is 5.61. The number of likely N-dealkylation sites (tertiary alicyclic amines) is 1. The van der Waals surface area contributed by atoms with Gasteiger partial charge in [-0.05, 0) is 57.2 Å². The molecule has 0 atom stereocenters. The van der Waals surface area contributed by atoms with E-state index < -0.39 is 0 Å². The molecule has 3 rings (SSSR count). The molecule has 1 aliphatic rings. The second kappa shape index (κ2) is 7.32. The zero-order valence-corrected chi connectivity index (χ0v) is 15.1. The van der Waals surface area contributed by atoms with Gasteiger partial charge in [0.25, 0.3) is 0 Å². The number of carbonyl (C=O) groups excluding carboxylic acids is 1. The van der Waals surface area contributed by atoms with Gasteiger partial charge in [-0.3, -0.25) is 4.79 Å². The highest BCUT2D eigenvalue weighted by molar-refractivity contribution is 7.13. The van der Waals surface area contributed by atoms with Crippen LogP contribution in [0.4, 0.5) is 5.69 Å². The SMILES string of the molecule is CN1CCC(N(C)C(=O)Cc2csc(-c3ccc(N)cc3)n2)CC1. The van der Waals surface area contributed by atoms with E-state index in [0.29, 0.717) is 12.5 Å². The molecule has 1 saturated heterocycles. The highest BCUT2D eigenvalue weighted by Gasteiger charge is 2.24. The molecule has 1 fully saturated rings. The minimum Gasteiger partial charge on any atom is -0.399 e. The predicted molar refractivity (Wildman–Crippen MR) is 99.0 cm³/mol. The monoisotopic (exact) mass is 344 g/mol. The van der Waals surface area contributed by atoms with E-state index in [0.717, 1.165) is 47.9 Å². The Hall–Kier alpha value is -1.92. The number of benzene rings is 1. The highest BCUT2D eigenvalue weighted by Crippen LogP contribution is 2.25. The summed E-state index contributed by atoms with van der Waals surface area (Å²) in [5, 5.41) is 2.91. The van der Waals surface area contributed by atoms with Crippen molar-refractivity contribution in [1.29, 1.82) is 0 Å². The Morgan fingerprint density at radius 3 is 2.67 bits per heavy atom. The highest BCUT2D eigenvalue weighted by atomic mass is 32.1. The van der Waals surface area contributed by atoms with Crippen LogP contribution < -0.4 is 5.73 Å². The zero-order valence-electron chi connectivity index (χ0n) is 14.2. The number of carbonyl (C=O) groups is 1. The average Bonchev–Trinajstić information content (AvgIpc) is 3.04. The van der Waals surface area contributed by atoms with Gasteiger partial charge in [0.15, 0.2) is 0 Å². The van der Waals surface area contributed by atoms with Crippen LogP contribution in [0.5, 0.6) is 0 Å². The number of likely N-dealkylation sites (N-methyl/N-ethyl adjacent to an activating group) is 1. The zero-order chi connectivity index (χ0) is 17.1. The fourth-order valence-corrected chi connectivity index (χ4v) is 3.84. The smallest absolute Gasteiger partial charge is 0.228 e. The van der Waals surface area contributed by atoms with Crippen LogP contribution in [0.3, 0.4) is 0 Å². The number of hydrogen-bond acceptors (Lipinski definition) is 5. The lowest BCUT2D eigenvalue weighted by molar-refractivity contribution is -0.132. The maximum atomic E-state index is 12.5. The lowest BCUT2D eigenvalue weighted by Gasteiger charge is -2.35. The molecule has 0 bridgehead atoms. The molecule has 1 amide bonds. The number of aromatic nitrogens is 1.